The summed E-state index contributed by atoms with van der Waals surface area (Å²) in [6.07, 6.45) is 6.21. The van der Waals surface area contributed by atoms with Crippen molar-refractivity contribution in [3.63, 3.8) is 0 Å². The highest BCUT2D eigenvalue weighted by Gasteiger charge is 2.24. The Bertz CT molecular complexity index is 640. The Morgan fingerprint density at radius 3 is 2.65 bits per heavy atom. The number of carbonyl (C=O) groups is 1. The van der Waals surface area contributed by atoms with Crippen molar-refractivity contribution in [1.82, 2.24) is 15.0 Å². The number of ether oxygens (including phenoxy) is 1. The number of aryl methyl sites for hydroxylation is 1. The maximum atomic E-state index is 11.7. The molecule has 0 atom stereocenters. The first-order chi connectivity index (χ1) is 10.8. The molecule has 128 valence electrons. The number of nitrogens with one attached hydrogen (secondary N) is 2. The predicted molar refractivity (Wildman–Crippen MR) is 86.6 cm³/mol. The van der Waals surface area contributed by atoms with Crippen molar-refractivity contribution in [2.24, 2.45) is 0 Å². The van der Waals surface area contributed by atoms with Crippen LogP contribution in [-0.2, 0) is 14.8 Å². The van der Waals surface area contributed by atoms with Crippen LogP contribution in [0.5, 0.6) is 5.75 Å². The molecule has 1 amide bonds. The van der Waals surface area contributed by atoms with E-state index >= 15 is 0 Å². The van der Waals surface area contributed by atoms with E-state index in [-0.39, 0.29) is 24.6 Å². The zero-order valence-corrected chi connectivity index (χ0v) is 14.2. The minimum Gasteiger partial charge on any atom is -0.489 e. The lowest BCUT2D eigenvalue weighted by Gasteiger charge is -2.29. The van der Waals surface area contributed by atoms with Crippen LogP contribution in [0.25, 0.3) is 0 Å². The highest BCUT2D eigenvalue weighted by Crippen LogP contribution is 2.25. The lowest BCUT2D eigenvalue weighted by atomic mass is 9.93. The number of hydrogen-bond acceptors (Lipinski definition) is 5. The van der Waals surface area contributed by atoms with Gasteiger partial charge < -0.3 is 10.1 Å². The zero-order chi connectivity index (χ0) is 16.9. The van der Waals surface area contributed by atoms with Gasteiger partial charge in [-0.15, -0.1) is 0 Å². The van der Waals surface area contributed by atoms with Crippen LogP contribution < -0.4 is 14.8 Å². The smallest absolute Gasteiger partial charge is 0.235 e. The van der Waals surface area contributed by atoms with E-state index in [0.717, 1.165) is 43.4 Å². The molecule has 7 nitrogen and oxygen atoms in total. The number of pyridine rings is 1. The van der Waals surface area contributed by atoms with Crippen molar-refractivity contribution >= 4 is 15.9 Å². The second kappa shape index (κ2) is 7.74. The zero-order valence-electron chi connectivity index (χ0n) is 13.4. The fourth-order valence-electron chi connectivity index (χ4n) is 2.57. The van der Waals surface area contributed by atoms with Crippen molar-refractivity contribution in [3.8, 4) is 5.75 Å². The van der Waals surface area contributed by atoms with Crippen LogP contribution in [0.1, 0.15) is 31.4 Å². The van der Waals surface area contributed by atoms with E-state index < -0.39 is 10.0 Å². The first-order valence-electron chi connectivity index (χ1n) is 7.66. The first-order valence-corrected chi connectivity index (χ1v) is 9.55. The quantitative estimate of drug-likeness (QED) is 0.795. The Morgan fingerprint density at radius 1 is 1.35 bits per heavy atom. The lowest BCUT2D eigenvalue weighted by Crippen LogP contribution is -2.44. The molecule has 0 unspecified atom stereocenters. The summed E-state index contributed by atoms with van der Waals surface area (Å²) in [5.74, 6) is 0.500. The average molecular weight is 341 g/mol. The van der Waals surface area contributed by atoms with Gasteiger partial charge in [0, 0.05) is 12.2 Å². The minimum atomic E-state index is -3.34. The molecule has 2 rings (SSSR count). The molecule has 1 heterocycles. The van der Waals surface area contributed by atoms with Gasteiger partial charge in [-0.25, -0.2) is 13.1 Å². The minimum absolute atomic E-state index is 0.0682. The molecule has 0 saturated heterocycles. The summed E-state index contributed by atoms with van der Waals surface area (Å²) in [4.78, 5) is 15.9. The third-order valence-corrected chi connectivity index (χ3v) is 4.46. The molecule has 0 bridgehead atoms. The molecule has 0 spiro atoms. The van der Waals surface area contributed by atoms with E-state index in [1.807, 2.05) is 19.1 Å². The molecule has 1 aliphatic rings. The molecule has 1 aliphatic carbocycles. The molecule has 2 N–H and O–H groups in total. The highest BCUT2D eigenvalue weighted by atomic mass is 32.2. The summed E-state index contributed by atoms with van der Waals surface area (Å²) in [6.45, 7) is 1.69. The van der Waals surface area contributed by atoms with Gasteiger partial charge in [0.25, 0.3) is 0 Å². The van der Waals surface area contributed by atoms with Gasteiger partial charge in [-0.2, -0.15) is 0 Å². The summed E-state index contributed by atoms with van der Waals surface area (Å²) in [5.41, 5.74) is 0.870. The third-order valence-electron chi connectivity index (χ3n) is 3.79. The molecule has 1 aromatic heterocycles. The number of nitrogens with zero attached hydrogens (tertiary/aromatic N) is 1. The van der Waals surface area contributed by atoms with Crippen molar-refractivity contribution in [2.75, 3.05) is 12.8 Å². The van der Waals surface area contributed by atoms with E-state index in [0.29, 0.717) is 0 Å². The van der Waals surface area contributed by atoms with Gasteiger partial charge in [0.05, 0.1) is 24.6 Å². The Labute approximate surface area is 136 Å². The summed E-state index contributed by atoms with van der Waals surface area (Å²) in [5, 5.41) is 2.85. The van der Waals surface area contributed by atoms with Gasteiger partial charge in [-0.05, 0) is 44.7 Å². The van der Waals surface area contributed by atoms with Crippen LogP contribution in [0.15, 0.2) is 18.3 Å². The van der Waals surface area contributed by atoms with Crippen LogP contribution in [0.3, 0.4) is 0 Å². The molecule has 1 saturated carbocycles. The second-order valence-corrected chi connectivity index (χ2v) is 7.67. The number of amides is 1. The summed E-state index contributed by atoms with van der Waals surface area (Å²) >= 11 is 0. The number of sulfonamides is 1. The Balaban J connectivity index is 1.74. The van der Waals surface area contributed by atoms with Gasteiger partial charge in [0.15, 0.2) is 0 Å². The first kappa shape index (κ1) is 17.7. The fourth-order valence-corrected chi connectivity index (χ4v) is 2.97. The summed E-state index contributed by atoms with van der Waals surface area (Å²) < 4.78 is 30.1. The second-order valence-electron chi connectivity index (χ2n) is 5.84. The third kappa shape index (κ3) is 6.15. The van der Waals surface area contributed by atoms with Crippen molar-refractivity contribution in [2.45, 2.75) is 44.8 Å². The molecule has 0 aliphatic heterocycles. The maximum Gasteiger partial charge on any atom is 0.235 e. The van der Waals surface area contributed by atoms with Crippen LogP contribution in [0, 0.1) is 6.92 Å². The largest absolute Gasteiger partial charge is 0.489 e. The van der Waals surface area contributed by atoms with Crippen molar-refractivity contribution < 1.29 is 17.9 Å². The SMILES string of the molecule is Cc1ncccc1OC1CCC(NC(=O)CNS(C)(=O)=O)CC1. The average Bonchev–Trinajstić information content (AvgIpc) is 2.49. The molecule has 1 fully saturated rings. The predicted octanol–water partition coefficient (Wildman–Crippen LogP) is 0.745. The normalized spacial score (nSPS) is 21.7. The maximum absolute atomic E-state index is 11.7. The number of hydrogen-bond donors (Lipinski definition) is 2. The number of carbonyl (C=O) groups excluding carboxylic acids is 1. The van der Waals surface area contributed by atoms with E-state index in [9.17, 15) is 13.2 Å². The van der Waals surface area contributed by atoms with Crippen LogP contribution >= 0.6 is 0 Å². The number of rotatable bonds is 6. The lowest BCUT2D eigenvalue weighted by molar-refractivity contribution is -0.121. The molecular weight excluding hydrogens is 318 g/mol. The molecule has 1 aromatic rings. The van der Waals surface area contributed by atoms with Gasteiger partial charge in [0.1, 0.15) is 5.75 Å². The van der Waals surface area contributed by atoms with E-state index in [4.69, 9.17) is 4.74 Å². The summed E-state index contributed by atoms with van der Waals surface area (Å²) in [7, 11) is -3.34. The van der Waals surface area contributed by atoms with Gasteiger partial charge >= 0.3 is 0 Å². The fraction of sp³-hybridized carbons (Fsp3) is 0.600. The van der Waals surface area contributed by atoms with E-state index in [1.54, 1.807) is 6.20 Å². The molecule has 23 heavy (non-hydrogen) atoms. The molecule has 8 heteroatoms. The summed E-state index contributed by atoms with van der Waals surface area (Å²) in [6, 6.07) is 3.83. The molecule has 0 aromatic carbocycles. The Morgan fingerprint density at radius 2 is 2.04 bits per heavy atom. The van der Waals surface area contributed by atoms with Crippen LogP contribution in [0.4, 0.5) is 0 Å². The van der Waals surface area contributed by atoms with E-state index in [1.165, 1.54) is 0 Å². The van der Waals surface area contributed by atoms with Crippen molar-refractivity contribution in [1.29, 1.82) is 0 Å². The topological polar surface area (TPSA) is 97.4 Å². The van der Waals surface area contributed by atoms with Gasteiger partial charge in [-0.3, -0.25) is 9.78 Å². The monoisotopic (exact) mass is 341 g/mol. The van der Waals surface area contributed by atoms with Gasteiger partial charge in [0.2, 0.25) is 15.9 Å². The number of aromatic nitrogens is 1. The van der Waals surface area contributed by atoms with Crippen molar-refractivity contribution in [3.05, 3.63) is 24.0 Å². The van der Waals surface area contributed by atoms with Crippen LogP contribution in [-0.4, -0.2) is 44.3 Å². The Hall–Kier alpha value is -1.67. The van der Waals surface area contributed by atoms with Crippen LogP contribution in [0.2, 0.25) is 0 Å². The van der Waals surface area contributed by atoms with E-state index in [2.05, 4.69) is 15.0 Å². The molecule has 0 radical (unpaired) electrons. The standard InChI is InChI=1S/C15H23N3O4S/c1-11-14(4-3-9-16-11)22-13-7-5-12(6-8-13)18-15(19)10-17-23(2,20)21/h3-4,9,12-13,17H,5-8,10H2,1-2H3,(H,18,19). The van der Waals surface area contributed by atoms with Gasteiger partial charge in [-0.1, -0.05) is 0 Å². The highest BCUT2D eigenvalue weighted by molar-refractivity contribution is 7.88. The Kier molecular flexibility index (Phi) is 5.95. The molecular formula is C15H23N3O4S.